The van der Waals surface area contributed by atoms with Crippen LogP contribution in [-0.4, -0.2) is 50.9 Å². The summed E-state index contributed by atoms with van der Waals surface area (Å²) in [5.74, 6) is 1.68. The number of nitrogens with zero attached hydrogens (tertiary/aromatic N) is 5. The molecule has 180 valence electrons. The molecule has 0 aliphatic rings. The van der Waals surface area contributed by atoms with Gasteiger partial charge >= 0.3 is 0 Å². The first-order valence-electron chi connectivity index (χ1n) is 11.2. The Labute approximate surface area is 202 Å². The molecule has 10 heteroatoms. The molecule has 34 heavy (non-hydrogen) atoms. The number of aromatic amines is 1. The van der Waals surface area contributed by atoms with E-state index in [4.69, 9.17) is 9.47 Å². The molecule has 0 amide bonds. The Morgan fingerprint density at radius 1 is 1.18 bits per heavy atom. The topological polar surface area (TPSA) is 98.2 Å². The van der Waals surface area contributed by atoms with Gasteiger partial charge in [-0.2, -0.15) is 0 Å². The van der Waals surface area contributed by atoms with E-state index in [1.165, 1.54) is 4.88 Å². The first kappa shape index (κ1) is 24.1. The molecular formula is C24H30N6O3S. The number of nitrogens with one attached hydrogen (secondary N) is 1. The number of fused-ring (bicyclic) bond motifs is 1. The Bertz CT molecular complexity index is 1270. The second kappa shape index (κ2) is 10.9. The molecule has 0 saturated carbocycles. The van der Waals surface area contributed by atoms with E-state index in [1.807, 2.05) is 30.3 Å². The van der Waals surface area contributed by atoms with E-state index in [1.54, 1.807) is 30.2 Å². The molecular weight excluding hydrogens is 452 g/mol. The number of tetrazole rings is 1. The van der Waals surface area contributed by atoms with E-state index in [9.17, 15) is 4.79 Å². The van der Waals surface area contributed by atoms with Gasteiger partial charge in [0.1, 0.15) is 5.75 Å². The molecule has 0 fully saturated rings. The number of benzene rings is 1. The Kier molecular flexibility index (Phi) is 7.71. The van der Waals surface area contributed by atoms with Crippen LogP contribution in [0.15, 0.2) is 46.6 Å². The largest absolute Gasteiger partial charge is 0.497 e. The van der Waals surface area contributed by atoms with E-state index in [0.717, 1.165) is 16.7 Å². The van der Waals surface area contributed by atoms with E-state index < -0.39 is 0 Å². The van der Waals surface area contributed by atoms with Gasteiger partial charge in [-0.25, -0.2) is 4.68 Å². The molecule has 3 heterocycles. The van der Waals surface area contributed by atoms with E-state index in [0.29, 0.717) is 37.6 Å². The predicted octanol–water partition coefficient (Wildman–Crippen LogP) is 3.63. The fraction of sp³-hybridized carbons (Fsp3) is 0.417. The van der Waals surface area contributed by atoms with Crippen LogP contribution in [0.2, 0.25) is 0 Å². The maximum atomic E-state index is 13.1. The number of pyridine rings is 1. The van der Waals surface area contributed by atoms with Gasteiger partial charge in [-0.15, -0.1) is 16.4 Å². The Morgan fingerprint density at radius 3 is 2.74 bits per heavy atom. The smallest absolute Gasteiger partial charge is 0.252 e. The number of aromatic nitrogens is 5. The highest BCUT2D eigenvalue weighted by atomic mass is 32.1. The average Bonchev–Trinajstić information content (AvgIpc) is 3.50. The standard InChI is InChI=1S/C24H30N6O3S/c1-16(2)22(23-26-27-28-30(23)9-10-32-3)29(15-20-6-5-11-34-20)14-18-12-17-7-8-19(33-4)13-21(17)25-24(18)31/h5-8,11-13,16,22H,9-10,14-15H2,1-4H3,(H,25,31). The summed E-state index contributed by atoms with van der Waals surface area (Å²) in [5, 5.41) is 15.5. The summed E-state index contributed by atoms with van der Waals surface area (Å²) in [4.78, 5) is 19.6. The molecule has 0 radical (unpaired) electrons. The number of hydrogen-bond donors (Lipinski definition) is 1. The molecule has 9 nitrogen and oxygen atoms in total. The van der Waals surface area contributed by atoms with Crippen molar-refractivity contribution in [2.24, 2.45) is 5.92 Å². The van der Waals surface area contributed by atoms with Crippen LogP contribution in [0.4, 0.5) is 0 Å². The zero-order chi connectivity index (χ0) is 24.1. The molecule has 0 bridgehead atoms. The van der Waals surface area contributed by atoms with Gasteiger partial charge in [-0.1, -0.05) is 19.9 Å². The lowest BCUT2D eigenvalue weighted by atomic mass is 10.00. The van der Waals surface area contributed by atoms with Gasteiger partial charge < -0.3 is 14.5 Å². The fourth-order valence-corrected chi connectivity index (χ4v) is 4.92. The van der Waals surface area contributed by atoms with Crippen molar-refractivity contribution in [2.75, 3.05) is 20.8 Å². The normalized spacial score (nSPS) is 12.6. The summed E-state index contributed by atoms with van der Waals surface area (Å²) in [6.07, 6.45) is 0. The van der Waals surface area contributed by atoms with Crippen molar-refractivity contribution < 1.29 is 9.47 Å². The minimum absolute atomic E-state index is 0.0973. The van der Waals surface area contributed by atoms with Crippen LogP contribution < -0.4 is 10.3 Å². The summed E-state index contributed by atoms with van der Waals surface area (Å²) >= 11 is 1.70. The number of hydrogen-bond acceptors (Lipinski definition) is 8. The monoisotopic (exact) mass is 482 g/mol. The number of rotatable bonds is 11. The summed E-state index contributed by atoms with van der Waals surface area (Å²) in [6, 6.07) is 11.7. The van der Waals surface area contributed by atoms with Gasteiger partial charge in [0.15, 0.2) is 5.82 Å². The molecule has 1 N–H and O–H groups in total. The van der Waals surface area contributed by atoms with Crippen LogP contribution in [0, 0.1) is 5.92 Å². The zero-order valence-corrected chi connectivity index (χ0v) is 20.7. The van der Waals surface area contributed by atoms with Crippen molar-refractivity contribution in [1.29, 1.82) is 0 Å². The molecule has 1 aromatic carbocycles. The third-order valence-electron chi connectivity index (χ3n) is 5.80. The number of thiophene rings is 1. The first-order valence-corrected chi connectivity index (χ1v) is 12.1. The second-order valence-corrected chi connectivity index (χ2v) is 9.54. The van der Waals surface area contributed by atoms with Crippen LogP contribution in [0.5, 0.6) is 5.75 Å². The SMILES string of the molecule is COCCn1nnnc1C(C(C)C)N(Cc1cccs1)Cc1cc2ccc(OC)cc2[nH]c1=O. The van der Waals surface area contributed by atoms with Crippen LogP contribution in [0.3, 0.4) is 0 Å². The van der Waals surface area contributed by atoms with Gasteiger partial charge in [0, 0.05) is 36.7 Å². The highest BCUT2D eigenvalue weighted by Crippen LogP contribution is 2.31. The lowest BCUT2D eigenvalue weighted by Gasteiger charge is -2.33. The minimum Gasteiger partial charge on any atom is -0.497 e. The fourth-order valence-electron chi connectivity index (χ4n) is 4.19. The van der Waals surface area contributed by atoms with Gasteiger partial charge in [-0.05, 0) is 51.4 Å². The summed E-state index contributed by atoms with van der Waals surface area (Å²) in [5.41, 5.74) is 1.33. The highest BCUT2D eigenvalue weighted by Gasteiger charge is 2.30. The van der Waals surface area contributed by atoms with Crippen molar-refractivity contribution in [2.45, 2.75) is 39.5 Å². The van der Waals surface area contributed by atoms with Crippen molar-refractivity contribution >= 4 is 22.2 Å². The van der Waals surface area contributed by atoms with Gasteiger partial charge in [-0.3, -0.25) is 9.69 Å². The van der Waals surface area contributed by atoms with E-state index >= 15 is 0 Å². The van der Waals surface area contributed by atoms with E-state index in [-0.39, 0.29) is 17.5 Å². The molecule has 0 spiro atoms. The summed E-state index contributed by atoms with van der Waals surface area (Å²) in [7, 11) is 3.27. The Morgan fingerprint density at radius 2 is 2.03 bits per heavy atom. The Balaban J connectivity index is 1.73. The number of methoxy groups -OCH3 is 2. The van der Waals surface area contributed by atoms with Crippen molar-refractivity contribution in [3.63, 3.8) is 0 Å². The van der Waals surface area contributed by atoms with Crippen molar-refractivity contribution in [1.82, 2.24) is 30.1 Å². The van der Waals surface area contributed by atoms with Crippen LogP contribution in [0.25, 0.3) is 10.9 Å². The molecule has 4 rings (SSSR count). The second-order valence-electron chi connectivity index (χ2n) is 8.50. The number of ether oxygens (including phenoxy) is 2. The third kappa shape index (κ3) is 5.35. The van der Waals surface area contributed by atoms with Crippen LogP contribution in [-0.2, 0) is 24.4 Å². The molecule has 1 atom stereocenters. The van der Waals surface area contributed by atoms with Gasteiger partial charge in [0.25, 0.3) is 5.56 Å². The maximum Gasteiger partial charge on any atom is 0.252 e. The Hall–Kier alpha value is -3.08. The maximum absolute atomic E-state index is 13.1. The van der Waals surface area contributed by atoms with Crippen LogP contribution in [0.1, 0.15) is 36.2 Å². The molecule has 1 unspecified atom stereocenters. The minimum atomic E-state index is -0.113. The lowest BCUT2D eigenvalue weighted by Crippen LogP contribution is -2.35. The summed E-state index contributed by atoms with van der Waals surface area (Å²) < 4.78 is 12.3. The first-order chi connectivity index (χ1) is 16.5. The van der Waals surface area contributed by atoms with Gasteiger partial charge in [0.05, 0.1) is 31.8 Å². The van der Waals surface area contributed by atoms with Crippen molar-refractivity contribution in [3.8, 4) is 5.75 Å². The molecule has 0 saturated heterocycles. The van der Waals surface area contributed by atoms with Crippen molar-refractivity contribution in [3.05, 3.63) is 68.4 Å². The molecule has 0 aliphatic carbocycles. The summed E-state index contributed by atoms with van der Waals surface area (Å²) in [6.45, 7) is 6.51. The molecule has 0 aliphatic heterocycles. The predicted molar refractivity (Wildman–Crippen MR) is 132 cm³/mol. The quantitative estimate of drug-likeness (QED) is 0.349. The van der Waals surface area contributed by atoms with Gasteiger partial charge in [0.2, 0.25) is 0 Å². The lowest BCUT2D eigenvalue weighted by molar-refractivity contribution is 0.122. The average molecular weight is 483 g/mol. The zero-order valence-electron chi connectivity index (χ0n) is 19.9. The third-order valence-corrected chi connectivity index (χ3v) is 6.66. The highest BCUT2D eigenvalue weighted by molar-refractivity contribution is 7.09. The van der Waals surface area contributed by atoms with Crippen LogP contribution >= 0.6 is 11.3 Å². The molecule has 3 aromatic heterocycles. The van der Waals surface area contributed by atoms with E-state index in [2.05, 4.69) is 50.7 Å². The molecule has 4 aromatic rings. The number of H-pyrrole nitrogens is 1.